The minimum Gasteiger partial charge on any atom is -0.354 e. The Bertz CT molecular complexity index is 1060. The maximum atomic E-state index is 12.7. The van der Waals surface area contributed by atoms with Crippen molar-refractivity contribution in [3.63, 3.8) is 0 Å². The van der Waals surface area contributed by atoms with Crippen molar-refractivity contribution in [1.29, 1.82) is 0 Å². The Balaban J connectivity index is 1.45. The van der Waals surface area contributed by atoms with Crippen molar-refractivity contribution in [1.82, 2.24) is 19.9 Å². The van der Waals surface area contributed by atoms with Gasteiger partial charge in [-0.05, 0) is 43.7 Å². The number of H-pyrrole nitrogens is 1. The Hall–Kier alpha value is -3.30. The fourth-order valence-corrected chi connectivity index (χ4v) is 3.71. The molecule has 3 heterocycles. The Morgan fingerprint density at radius 3 is 2.67 bits per heavy atom. The molecule has 2 N–H and O–H groups in total. The van der Waals surface area contributed by atoms with Crippen molar-refractivity contribution in [2.24, 2.45) is 0 Å². The van der Waals surface area contributed by atoms with Crippen LogP contribution >= 0.6 is 0 Å². The summed E-state index contributed by atoms with van der Waals surface area (Å²) in [5.74, 6) is 0.807. The number of carbonyl (C=O) groups is 1. The summed E-state index contributed by atoms with van der Waals surface area (Å²) in [6, 6.07) is 5.94. The number of hydrogen-bond donors (Lipinski definition) is 2. The van der Waals surface area contributed by atoms with Gasteiger partial charge in [0.1, 0.15) is 17.8 Å². The number of rotatable bonds is 3. The molecule has 2 amide bonds. The maximum absolute atomic E-state index is 12.7. The van der Waals surface area contributed by atoms with Gasteiger partial charge in [-0.3, -0.25) is 0 Å². The molecule has 1 aliphatic rings. The molecular formula is C20H21F3N6O. The van der Waals surface area contributed by atoms with Crippen LogP contribution in [0, 0.1) is 0 Å². The molecule has 1 atom stereocenters. The van der Waals surface area contributed by atoms with Crippen molar-refractivity contribution >= 4 is 28.6 Å². The molecule has 0 radical (unpaired) electrons. The number of halogens is 3. The summed E-state index contributed by atoms with van der Waals surface area (Å²) in [7, 11) is 1.69. The topological polar surface area (TPSA) is 77.2 Å². The highest BCUT2D eigenvalue weighted by Crippen LogP contribution is 2.33. The van der Waals surface area contributed by atoms with Gasteiger partial charge in [-0.25, -0.2) is 14.8 Å². The van der Waals surface area contributed by atoms with E-state index >= 15 is 0 Å². The summed E-state index contributed by atoms with van der Waals surface area (Å²) in [5.41, 5.74) is -0.165. The lowest BCUT2D eigenvalue weighted by molar-refractivity contribution is -0.137. The molecule has 10 heteroatoms. The Morgan fingerprint density at radius 2 is 1.97 bits per heavy atom. The second-order valence-corrected chi connectivity index (χ2v) is 7.67. The first-order chi connectivity index (χ1) is 14.2. The molecule has 0 saturated carbocycles. The molecule has 4 rings (SSSR count). The number of aromatic amines is 1. The zero-order chi connectivity index (χ0) is 21.5. The van der Waals surface area contributed by atoms with Gasteiger partial charge in [-0.2, -0.15) is 13.2 Å². The second-order valence-electron chi connectivity index (χ2n) is 7.67. The summed E-state index contributed by atoms with van der Waals surface area (Å²) in [5, 5.41) is 3.59. The zero-order valence-corrected chi connectivity index (χ0v) is 16.5. The van der Waals surface area contributed by atoms with Gasteiger partial charge in [0.2, 0.25) is 0 Å². The van der Waals surface area contributed by atoms with E-state index in [4.69, 9.17) is 0 Å². The van der Waals surface area contributed by atoms with Crippen LogP contribution < -0.4 is 10.2 Å². The second kappa shape index (κ2) is 7.19. The molecule has 1 fully saturated rings. The van der Waals surface area contributed by atoms with Crippen molar-refractivity contribution in [2.45, 2.75) is 25.1 Å². The standard InChI is InChI=1S/C20H21F3N6O/c1-19(8-10-29(11-19)17-15-7-9-24-16(15)25-12-26-17)28(2)18(30)27-14-5-3-13(4-6-14)20(21,22)23/h3-7,9,12H,8,10-11H2,1-2H3,(H,27,30)(H,24,25,26). The largest absolute Gasteiger partial charge is 0.416 e. The lowest BCUT2D eigenvalue weighted by Crippen LogP contribution is -2.50. The van der Waals surface area contributed by atoms with Gasteiger partial charge in [0.05, 0.1) is 16.5 Å². The summed E-state index contributed by atoms with van der Waals surface area (Å²) >= 11 is 0. The van der Waals surface area contributed by atoms with Gasteiger partial charge in [-0.1, -0.05) is 0 Å². The van der Waals surface area contributed by atoms with E-state index in [0.717, 1.165) is 35.4 Å². The van der Waals surface area contributed by atoms with Gasteiger partial charge in [-0.15, -0.1) is 0 Å². The van der Waals surface area contributed by atoms with E-state index in [9.17, 15) is 18.0 Å². The number of fused-ring (bicyclic) bond motifs is 1. The van der Waals surface area contributed by atoms with Gasteiger partial charge >= 0.3 is 12.2 Å². The first-order valence-electron chi connectivity index (χ1n) is 9.42. The van der Waals surface area contributed by atoms with Crippen molar-refractivity contribution in [3.05, 3.63) is 48.4 Å². The van der Waals surface area contributed by atoms with E-state index in [0.29, 0.717) is 18.8 Å². The van der Waals surface area contributed by atoms with Crippen LogP contribution in [-0.2, 0) is 6.18 Å². The molecule has 3 aromatic rings. The first kappa shape index (κ1) is 20.0. The fraction of sp³-hybridized carbons (Fsp3) is 0.350. The third-order valence-corrected chi connectivity index (χ3v) is 5.66. The fourth-order valence-electron chi connectivity index (χ4n) is 3.71. The number of urea groups is 1. The number of nitrogens with one attached hydrogen (secondary N) is 2. The zero-order valence-electron chi connectivity index (χ0n) is 16.5. The molecule has 1 aromatic carbocycles. The van der Waals surface area contributed by atoms with Gasteiger partial charge < -0.3 is 20.1 Å². The molecule has 2 aromatic heterocycles. The highest BCUT2D eigenvalue weighted by molar-refractivity contribution is 5.90. The summed E-state index contributed by atoms with van der Waals surface area (Å²) in [6.45, 7) is 3.27. The summed E-state index contributed by atoms with van der Waals surface area (Å²) < 4.78 is 38.1. The predicted molar refractivity (Wildman–Crippen MR) is 107 cm³/mol. The molecular weight excluding hydrogens is 397 g/mol. The third kappa shape index (κ3) is 3.64. The third-order valence-electron chi connectivity index (χ3n) is 5.66. The van der Waals surface area contributed by atoms with Gasteiger partial charge in [0, 0.05) is 32.0 Å². The number of benzene rings is 1. The molecule has 1 unspecified atom stereocenters. The number of carbonyl (C=O) groups excluding carboxylic acids is 1. The number of nitrogens with zero attached hydrogens (tertiary/aromatic N) is 4. The number of amides is 2. The highest BCUT2D eigenvalue weighted by Gasteiger charge is 2.40. The van der Waals surface area contributed by atoms with Crippen molar-refractivity contribution in [2.75, 3.05) is 30.4 Å². The quantitative estimate of drug-likeness (QED) is 0.671. The van der Waals surface area contributed by atoms with E-state index in [1.54, 1.807) is 11.9 Å². The van der Waals surface area contributed by atoms with Crippen LogP contribution in [0.1, 0.15) is 18.9 Å². The lowest BCUT2D eigenvalue weighted by Gasteiger charge is -2.35. The Morgan fingerprint density at radius 1 is 1.23 bits per heavy atom. The van der Waals surface area contributed by atoms with Crippen LogP contribution in [0.25, 0.3) is 11.0 Å². The first-order valence-corrected chi connectivity index (χ1v) is 9.42. The van der Waals surface area contributed by atoms with Gasteiger partial charge in [0.15, 0.2) is 0 Å². The summed E-state index contributed by atoms with van der Waals surface area (Å²) in [4.78, 5) is 28.1. The normalized spacial score (nSPS) is 19.3. The maximum Gasteiger partial charge on any atom is 0.416 e. The average Bonchev–Trinajstić information content (AvgIpc) is 3.34. The number of aromatic nitrogens is 3. The van der Waals surface area contributed by atoms with Crippen LogP contribution in [0.4, 0.5) is 29.5 Å². The number of alkyl halides is 3. The van der Waals surface area contributed by atoms with Crippen molar-refractivity contribution in [3.8, 4) is 0 Å². The SMILES string of the molecule is CN(C(=O)Nc1ccc(C(F)(F)F)cc1)C1(C)CCN(c2ncnc3[nH]ccc23)C1. The van der Waals surface area contributed by atoms with E-state index in [2.05, 4.69) is 25.2 Å². The Kier molecular flexibility index (Phi) is 4.79. The minimum absolute atomic E-state index is 0.308. The van der Waals surface area contributed by atoms with Crippen LogP contribution in [0.2, 0.25) is 0 Å². The predicted octanol–water partition coefficient (Wildman–Crippen LogP) is 4.11. The number of anilines is 2. The van der Waals surface area contributed by atoms with Crippen molar-refractivity contribution < 1.29 is 18.0 Å². The number of hydrogen-bond acceptors (Lipinski definition) is 4. The smallest absolute Gasteiger partial charge is 0.354 e. The Labute approximate surface area is 170 Å². The molecule has 0 aliphatic carbocycles. The molecule has 1 saturated heterocycles. The highest BCUT2D eigenvalue weighted by atomic mass is 19.4. The van der Waals surface area contributed by atoms with Gasteiger partial charge in [0.25, 0.3) is 0 Å². The van der Waals surface area contributed by atoms with Crippen LogP contribution in [0.5, 0.6) is 0 Å². The van der Waals surface area contributed by atoms with E-state index in [1.165, 1.54) is 18.5 Å². The minimum atomic E-state index is -4.41. The van der Waals surface area contributed by atoms with Crippen LogP contribution in [0.3, 0.4) is 0 Å². The van der Waals surface area contributed by atoms with E-state index < -0.39 is 17.3 Å². The monoisotopic (exact) mass is 418 g/mol. The average molecular weight is 418 g/mol. The molecule has 7 nitrogen and oxygen atoms in total. The molecule has 158 valence electrons. The van der Waals surface area contributed by atoms with E-state index in [-0.39, 0.29) is 6.03 Å². The molecule has 1 aliphatic heterocycles. The van der Waals surface area contributed by atoms with Crippen LogP contribution in [0.15, 0.2) is 42.9 Å². The molecule has 0 bridgehead atoms. The number of likely N-dealkylation sites (N-methyl/N-ethyl adjacent to an activating group) is 1. The van der Waals surface area contributed by atoms with Crippen LogP contribution in [-0.4, -0.2) is 51.6 Å². The lowest BCUT2D eigenvalue weighted by atomic mass is 10.00. The van der Waals surface area contributed by atoms with E-state index in [1.807, 2.05) is 19.2 Å². The molecule has 30 heavy (non-hydrogen) atoms. The molecule has 0 spiro atoms. The summed E-state index contributed by atoms with van der Waals surface area (Å²) in [6.07, 6.45) is -0.377.